The van der Waals surface area contributed by atoms with Gasteiger partial charge in [-0.2, -0.15) is 4.98 Å². The summed E-state index contributed by atoms with van der Waals surface area (Å²) in [6, 6.07) is 15.4. The van der Waals surface area contributed by atoms with Crippen LogP contribution in [0.3, 0.4) is 0 Å². The molecule has 0 spiro atoms. The summed E-state index contributed by atoms with van der Waals surface area (Å²) in [6.45, 7) is 0. The van der Waals surface area contributed by atoms with Crippen LogP contribution < -0.4 is 10.6 Å². The second-order valence-corrected chi connectivity index (χ2v) is 4.12. The third kappa shape index (κ3) is 3.08. The van der Waals surface area contributed by atoms with E-state index >= 15 is 0 Å². The van der Waals surface area contributed by atoms with Crippen molar-refractivity contribution in [2.75, 3.05) is 10.6 Å². The van der Waals surface area contributed by atoms with Crippen molar-refractivity contribution >= 4 is 23.1 Å². The van der Waals surface area contributed by atoms with Gasteiger partial charge >= 0.3 is 0 Å². The Hall–Kier alpha value is -2.95. The lowest BCUT2D eigenvalue weighted by molar-refractivity contribution is 1.16. The van der Waals surface area contributed by atoms with E-state index in [1.807, 2.05) is 48.5 Å². The summed E-state index contributed by atoms with van der Waals surface area (Å²) in [5.41, 5.74) is 1.89. The number of pyridine rings is 1. The van der Waals surface area contributed by atoms with Gasteiger partial charge in [-0.1, -0.05) is 18.2 Å². The molecule has 5 heteroatoms. The van der Waals surface area contributed by atoms with Crippen molar-refractivity contribution in [2.24, 2.45) is 0 Å². The Morgan fingerprint density at radius 3 is 2.25 bits per heavy atom. The van der Waals surface area contributed by atoms with Crippen molar-refractivity contribution in [3.05, 3.63) is 67.1 Å². The molecular weight excluding hydrogens is 250 g/mol. The zero-order valence-corrected chi connectivity index (χ0v) is 10.7. The molecule has 0 radical (unpaired) electrons. The molecule has 0 unspecified atom stereocenters. The number of benzene rings is 1. The first-order valence-electron chi connectivity index (χ1n) is 6.22. The highest BCUT2D eigenvalue weighted by molar-refractivity contribution is 5.58. The number of nitrogens with zero attached hydrogens (tertiary/aromatic N) is 3. The number of rotatable bonds is 4. The van der Waals surface area contributed by atoms with Crippen LogP contribution in [-0.2, 0) is 0 Å². The monoisotopic (exact) mass is 263 g/mol. The van der Waals surface area contributed by atoms with Crippen LogP contribution in [0.25, 0.3) is 0 Å². The standard InChI is InChI=1S/C15H13N5/c1-2-4-12(5-3-1)18-14-8-11-17-15(20-14)19-13-6-9-16-10-7-13/h1-11H,(H2,16,17,18,19,20). The lowest BCUT2D eigenvalue weighted by Crippen LogP contribution is -2.00. The number of para-hydroxylation sites is 1. The van der Waals surface area contributed by atoms with E-state index < -0.39 is 0 Å². The van der Waals surface area contributed by atoms with Gasteiger partial charge in [-0.3, -0.25) is 4.98 Å². The van der Waals surface area contributed by atoms with E-state index in [1.54, 1.807) is 18.6 Å². The summed E-state index contributed by atoms with van der Waals surface area (Å²) in [7, 11) is 0. The molecule has 3 aromatic rings. The normalized spacial score (nSPS) is 10.0. The molecule has 0 saturated heterocycles. The van der Waals surface area contributed by atoms with Gasteiger partial charge < -0.3 is 10.6 Å². The molecule has 0 fully saturated rings. The predicted octanol–water partition coefficient (Wildman–Crippen LogP) is 3.36. The topological polar surface area (TPSA) is 62.7 Å². The third-order valence-corrected chi connectivity index (χ3v) is 2.64. The molecule has 0 aliphatic heterocycles. The maximum atomic E-state index is 4.41. The number of nitrogens with one attached hydrogen (secondary N) is 2. The lowest BCUT2D eigenvalue weighted by atomic mass is 10.3. The van der Waals surface area contributed by atoms with Gasteiger partial charge in [0, 0.05) is 30.0 Å². The largest absolute Gasteiger partial charge is 0.340 e. The van der Waals surface area contributed by atoms with Gasteiger partial charge in [0.2, 0.25) is 5.95 Å². The average molecular weight is 263 g/mol. The van der Waals surface area contributed by atoms with Crippen molar-refractivity contribution < 1.29 is 0 Å². The van der Waals surface area contributed by atoms with Crippen LogP contribution >= 0.6 is 0 Å². The van der Waals surface area contributed by atoms with Gasteiger partial charge in [-0.05, 0) is 30.3 Å². The highest BCUT2D eigenvalue weighted by Crippen LogP contribution is 2.16. The summed E-state index contributed by atoms with van der Waals surface area (Å²) in [4.78, 5) is 12.6. The first-order chi connectivity index (χ1) is 9.90. The number of aromatic nitrogens is 3. The Morgan fingerprint density at radius 1 is 0.700 bits per heavy atom. The fourth-order valence-electron chi connectivity index (χ4n) is 1.72. The van der Waals surface area contributed by atoms with Crippen LogP contribution in [0.4, 0.5) is 23.1 Å². The minimum Gasteiger partial charge on any atom is -0.340 e. The Balaban J connectivity index is 1.76. The van der Waals surface area contributed by atoms with Crippen molar-refractivity contribution in [3.8, 4) is 0 Å². The van der Waals surface area contributed by atoms with Crippen molar-refractivity contribution in [1.82, 2.24) is 15.0 Å². The highest BCUT2D eigenvalue weighted by atomic mass is 15.1. The average Bonchev–Trinajstić information content (AvgIpc) is 2.50. The Labute approximate surface area is 116 Å². The van der Waals surface area contributed by atoms with E-state index in [0.29, 0.717) is 5.95 Å². The minimum absolute atomic E-state index is 0.539. The Kier molecular flexibility index (Phi) is 3.51. The molecule has 0 atom stereocenters. The fourth-order valence-corrected chi connectivity index (χ4v) is 1.72. The quantitative estimate of drug-likeness (QED) is 0.755. The molecule has 0 aliphatic carbocycles. The second kappa shape index (κ2) is 5.79. The summed E-state index contributed by atoms with van der Waals surface area (Å²) < 4.78 is 0. The van der Waals surface area contributed by atoms with Crippen molar-refractivity contribution in [1.29, 1.82) is 0 Å². The van der Waals surface area contributed by atoms with Gasteiger partial charge in [-0.25, -0.2) is 4.98 Å². The van der Waals surface area contributed by atoms with E-state index in [1.165, 1.54) is 0 Å². The highest BCUT2D eigenvalue weighted by Gasteiger charge is 2.00. The van der Waals surface area contributed by atoms with E-state index in [-0.39, 0.29) is 0 Å². The van der Waals surface area contributed by atoms with E-state index in [0.717, 1.165) is 17.2 Å². The molecule has 0 bridgehead atoms. The maximum Gasteiger partial charge on any atom is 0.229 e. The maximum absolute atomic E-state index is 4.41. The summed E-state index contributed by atoms with van der Waals surface area (Å²) >= 11 is 0. The molecule has 3 rings (SSSR count). The number of hydrogen-bond acceptors (Lipinski definition) is 5. The van der Waals surface area contributed by atoms with Crippen LogP contribution in [0.1, 0.15) is 0 Å². The molecule has 98 valence electrons. The molecule has 0 amide bonds. The molecule has 0 saturated carbocycles. The van der Waals surface area contributed by atoms with Gasteiger partial charge in [0.05, 0.1) is 0 Å². The molecule has 20 heavy (non-hydrogen) atoms. The zero-order chi connectivity index (χ0) is 13.6. The number of anilines is 4. The van der Waals surface area contributed by atoms with E-state index in [9.17, 15) is 0 Å². The first-order valence-corrected chi connectivity index (χ1v) is 6.22. The van der Waals surface area contributed by atoms with Gasteiger partial charge in [0.1, 0.15) is 5.82 Å². The molecular formula is C15H13N5. The molecule has 1 aromatic carbocycles. The van der Waals surface area contributed by atoms with Crippen LogP contribution in [0, 0.1) is 0 Å². The van der Waals surface area contributed by atoms with Crippen LogP contribution in [0.15, 0.2) is 67.1 Å². The molecule has 0 aliphatic rings. The smallest absolute Gasteiger partial charge is 0.229 e. The van der Waals surface area contributed by atoms with Crippen LogP contribution in [-0.4, -0.2) is 15.0 Å². The summed E-state index contributed by atoms with van der Waals surface area (Å²) in [6.07, 6.45) is 5.14. The number of hydrogen-bond donors (Lipinski definition) is 2. The predicted molar refractivity (Wildman–Crippen MR) is 79.3 cm³/mol. The lowest BCUT2D eigenvalue weighted by Gasteiger charge is -2.08. The second-order valence-electron chi connectivity index (χ2n) is 4.12. The van der Waals surface area contributed by atoms with Gasteiger partial charge in [0.25, 0.3) is 0 Å². The molecule has 2 aromatic heterocycles. The van der Waals surface area contributed by atoms with Crippen LogP contribution in [0.5, 0.6) is 0 Å². The molecule has 2 heterocycles. The minimum atomic E-state index is 0.539. The first kappa shape index (κ1) is 12.1. The summed E-state index contributed by atoms with van der Waals surface area (Å²) in [5.74, 6) is 1.28. The summed E-state index contributed by atoms with van der Waals surface area (Å²) in [5, 5.41) is 6.35. The third-order valence-electron chi connectivity index (χ3n) is 2.64. The Morgan fingerprint density at radius 2 is 1.45 bits per heavy atom. The van der Waals surface area contributed by atoms with Crippen molar-refractivity contribution in [2.45, 2.75) is 0 Å². The fraction of sp³-hybridized carbons (Fsp3) is 0. The zero-order valence-electron chi connectivity index (χ0n) is 10.7. The van der Waals surface area contributed by atoms with Gasteiger partial charge in [-0.15, -0.1) is 0 Å². The van der Waals surface area contributed by atoms with E-state index in [4.69, 9.17) is 0 Å². The Bertz CT molecular complexity index is 613. The van der Waals surface area contributed by atoms with E-state index in [2.05, 4.69) is 25.6 Å². The van der Waals surface area contributed by atoms with Gasteiger partial charge in [0.15, 0.2) is 0 Å². The SMILES string of the molecule is c1ccc(Nc2ccnc(Nc3ccncc3)n2)cc1. The van der Waals surface area contributed by atoms with Crippen molar-refractivity contribution in [3.63, 3.8) is 0 Å². The molecule has 5 nitrogen and oxygen atoms in total. The molecule has 2 N–H and O–H groups in total. The van der Waals surface area contributed by atoms with Crippen LogP contribution in [0.2, 0.25) is 0 Å².